The number of ether oxygens (including phenoxy) is 8. The van der Waals surface area contributed by atoms with Crippen LogP contribution in [-0.4, -0.2) is 139 Å². The predicted octanol–water partition coefficient (Wildman–Crippen LogP) is 13.4. The Morgan fingerprint density at radius 1 is 0.667 bits per heavy atom. The summed E-state index contributed by atoms with van der Waals surface area (Å²) >= 11 is 30.9. The Morgan fingerprint density at radius 2 is 1.23 bits per heavy atom. The molecule has 21 nitrogen and oxygen atoms in total. The molecule has 560 valence electrons. The van der Waals surface area contributed by atoms with E-state index in [0.29, 0.717) is 37.5 Å². The normalized spacial score (nSPS) is 19.7. The summed E-state index contributed by atoms with van der Waals surface area (Å²) in [6, 6.07) is 28.4. The molecular weight excluding hydrogens is 1480 g/mol. The molecule has 3 aromatic heterocycles. The van der Waals surface area contributed by atoms with Crippen molar-refractivity contribution in [1.29, 1.82) is 0 Å². The van der Waals surface area contributed by atoms with Gasteiger partial charge in [0.25, 0.3) is 0 Å². The Kier molecular flexibility index (Phi) is 26.6. The SMILES string of the molecule is COCCOc1cc([C@H](Cc2c(Cl)c[n+]([O-])cc2Cl)C(c2c(Cl)c[n+]([O-])cc2Cl)([C@@H](OC(=O)c2ccc(CNC(C(=O)OCC3C[C@H]4CC[C@@H](C3)N4C)c3ccccc3)s2)c2ccc(OC)c(OC)c2)[SH]2C(CNC(C(=O)OCC3CCN(C)CC3)c3ccccc3)=CC=C2C(=O)O)ccc1OC(F)F. The number of fused-ring (bicyclic) bond motifs is 2. The molecule has 11 rings (SSSR count). The van der Waals surface area contributed by atoms with E-state index in [4.69, 9.17) is 84.3 Å². The van der Waals surface area contributed by atoms with E-state index in [1.807, 2.05) is 37.4 Å². The van der Waals surface area contributed by atoms with Gasteiger partial charge in [0.05, 0.1) is 43.7 Å². The van der Waals surface area contributed by atoms with Crippen LogP contribution in [-0.2, 0) is 51.0 Å². The molecule has 3 saturated heterocycles. The predicted molar refractivity (Wildman–Crippen MR) is 397 cm³/mol. The molecule has 4 aliphatic heterocycles. The number of carboxylic acid groups (broad SMARTS) is 1. The summed E-state index contributed by atoms with van der Waals surface area (Å²) in [5.41, 5.74) is 1.13. The summed E-state index contributed by atoms with van der Waals surface area (Å²) in [4.78, 5) is 65.5. The molecule has 0 radical (unpaired) electrons. The number of methoxy groups -OCH3 is 3. The van der Waals surface area contributed by atoms with Crippen molar-refractivity contribution in [3.63, 3.8) is 0 Å². The number of halogens is 6. The van der Waals surface area contributed by atoms with Gasteiger partial charge >= 0.3 is 30.5 Å². The molecule has 105 heavy (non-hydrogen) atoms. The number of carbonyl (C=O) groups excluding carboxylic acids is 3. The second-order valence-corrected chi connectivity index (χ2v) is 31.6. The maximum Gasteiger partial charge on any atom is 0.387 e. The van der Waals surface area contributed by atoms with Crippen LogP contribution in [0.1, 0.15) is 111 Å². The van der Waals surface area contributed by atoms with Gasteiger partial charge in [0.15, 0.2) is 47.8 Å². The van der Waals surface area contributed by atoms with Crippen molar-refractivity contribution in [3.8, 4) is 23.0 Å². The molecule has 4 aromatic carbocycles. The number of allylic oxidation sites excluding steroid dienone is 2. The first-order valence-electron chi connectivity index (χ1n) is 34.2. The van der Waals surface area contributed by atoms with Crippen molar-refractivity contribution >= 4 is 92.5 Å². The molecule has 5 unspecified atom stereocenters. The van der Waals surface area contributed by atoms with Gasteiger partial charge in [-0.2, -0.15) is 29.1 Å². The number of nitrogens with one attached hydrogen (secondary N) is 2. The van der Waals surface area contributed by atoms with Crippen molar-refractivity contribution in [2.24, 2.45) is 11.8 Å². The molecule has 29 heteroatoms. The van der Waals surface area contributed by atoms with Gasteiger partial charge in [-0.1, -0.05) is 125 Å². The molecule has 0 saturated carbocycles. The van der Waals surface area contributed by atoms with E-state index in [-0.39, 0.29) is 116 Å². The third kappa shape index (κ3) is 18.3. The van der Waals surface area contributed by atoms with E-state index < -0.39 is 92.5 Å². The number of hydrogen-bond donors (Lipinski definition) is 4. The summed E-state index contributed by atoms with van der Waals surface area (Å²) in [5.74, 6) is -5.41. The van der Waals surface area contributed by atoms with Crippen LogP contribution in [0.15, 0.2) is 156 Å². The number of thiol groups is 1. The number of nitrogens with zero attached hydrogens (tertiary/aromatic N) is 4. The number of benzene rings is 4. The van der Waals surface area contributed by atoms with Crippen LogP contribution in [0.2, 0.25) is 20.1 Å². The minimum Gasteiger partial charge on any atom is -0.619 e. The second-order valence-electron chi connectivity index (χ2n) is 26.3. The van der Waals surface area contributed by atoms with Gasteiger partial charge in [0.1, 0.15) is 49.8 Å². The molecule has 3 N–H and O–H groups in total. The summed E-state index contributed by atoms with van der Waals surface area (Å²) in [6.07, 6.45) is 10.2. The molecule has 7 aromatic rings. The van der Waals surface area contributed by atoms with E-state index >= 15 is 4.79 Å². The van der Waals surface area contributed by atoms with Gasteiger partial charge < -0.3 is 63.2 Å². The number of carboxylic acids is 1. The topological polar surface area (TPSA) is 247 Å². The molecule has 0 spiro atoms. The van der Waals surface area contributed by atoms with Crippen LogP contribution in [0, 0.1) is 22.3 Å². The van der Waals surface area contributed by atoms with Gasteiger partial charge in [-0.3, -0.25) is 10.6 Å². The highest BCUT2D eigenvalue weighted by atomic mass is 35.5. The molecule has 9 atom stereocenters. The molecular formula is C76H82Cl4F2N6O15S2. The summed E-state index contributed by atoms with van der Waals surface area (Å²) in [6.45, 7) is -1.96. The molecule has 0 amide bonds. The Hall–Kier alpha value is -7.79. The fraction of sp³-hybridized carbons (Fsp3) is 0.395. The number of likely N-dealkylation sites (tertiary alicyclic amines) is 1. The third-order valence-corrected chi connectivity index (χ3v) is 25.4. The maximum absolute atomic E-state index is 16.3. The lowest BCUT2D eigenvalue weighted by Crippen LogP contribution is -2.46. The Morgan fingerprint density at radius 3 is 1.81 bits per heavy atom. The summed E-state index contributed by atoms with van der Waals surface area (Å²) in [5, 5.41) is 45.0. The van der Waals surface area contributed by atoms with Crippen LogP contribution >= 0.6 is 68.6 Å². The molecule has 7 heterocycles. The summed E-state index contributed by atoms with van der Waals surface area (Å²) < 4.78 is 75.6. The molecule has 0 aliphatic carbocycles. The lowest BCUT2D eigenvalue weighted by atomic mass is 9.72. The van der Waals surface area contributed by atoms with Gasteiger partial charge in [0.2, 0.25) is 0 Å². The van der Waals surface area contributed by atoms with Crippen LogP contribution in [0.25, 0.3) is 0 Å². The van der Waals surface area contributed by atoms with Crippen LogP contribution < -0.4 is 39.0 Å². The Balaban J connectivity index is 1.12. The van der Waals surface area contributed by atoms with Gasteiger partial charge in [0, 0.05) is 54.2 Å². The monoisotopic (exact) mass is 1560 g/mol. The van der Waals surface area contributed by atoms with Crippen molar-refractivity contribution < 1.29 is 80.4 Å². The number of piperidine rings is 2. The number of hydrogen-bond acceptors (Lipinski definition) is 19. The number of pyridine rings is 2. The maximum atomic E-state index is 16.3. The van der Waals surface area contributed by atoms with E-state index in [1.54, 1.807) is 48.5 Å². The number of thiophene rings is 1. The number of rotatable bonds is 33. The van der Waals surface area contributed by atoms with Crippen molar-refractivity contribution in [1.82, 2.24) is 20.4 Å². The highest BCUT2D eigenvalue weighted by Gasteiger charge is 2.60. The average molecular weight is 1560 g/mol. The van der Waals surface area contributed by atoms with Crippen LogP contribution in [0.3, 0.4) is 0 Å². The number of aliphatic carboxylic acids is 1. The zero-order chi connectivity index (χ0) is 74.6. The largest absolute Gasteiger partial charge is 0.619 e. The minimum atomic E-state index is -3.38. The lowest BCUT2D eigenvalue weighted by Gasteiger charge is -2.53. The first-order chi connectivity index (χ1) is 50.6. The zero-order valence-corrected chi connectivity index (χ0v) is 63.0. The fourth-order valence-corrected chi connectivity index (χ4v) is 20.6. The molecule has 2 bridgehead atoms. The van der Waals surface area contributed by atoms with Gasteiger partial charge in [-0.15, -0.1) is 11.3 Å². The highest BCUT2D eigenvalue weighted by molar-refractivity contribution is 8.25. The average Bonchev–Trinajstić information content (AvgIpc) is 1.69. The van der Waals surface area contributed by atoms with E-state index in [1.165, 1.54) is 63.8 Å². The van der Waals surface area contributed by atoms with Crippen molar-refractivity contribution in [2.75, 3.05) is 81.5 Å². The Labute approximate surface area is 634 Å². The van der Waals surface area contributed by atoms with Gasteiger partial charge in [-0.05, 0) is 154 Å². The van der Waals surface area contributed by atoms with Crippen molar-refractivity contribution in [2.45, 2.75) is 99.0 Å². The number of aromatic nitrogens is 2. The molecule has 4 aliphatic rings. The first-order valence-corrected chi connectivity index (χ1v) is 37.9. The molecule has 3 fully saturated rings. The van der Waals surface area contributed by atoms with E-state index in [2.05, 4.69) is 27.5 Å². The summed E-state index contributed by atoms with van der Waals surface area (Å²) in [7, 11) is 5.43. The number of esters is 3. The first kappa shape index (κ1) is 78.3. The number of alkyl halides is 2. The van der Waals surface area contributed by atoms with Gasteiger partial charge in [-0.25, -0.2) is 19.2 Å². The van der Waals surface area contributed by atoms with Crippen LogP contribution in [0.4, 0.5) is 8.78 Å². The van der Waals surface area contributed by atoms with Crippen LogP contribution in [0.5, 0.6) is 23.0 Å². The highest BCUT2D eigenvalue weighted by Crippen LogP contribution is 2.74. The van der Waals surface area contributed by atoms with Crippen molar-refractivity contribution in [3.05, 3.63) is 230 Å². The Bertz CT molecular complexity index is 4230. The lowest BCUT2D eigenvalue weighted by molar-refractivity contribution is -0.605. The standard InChI is InChI=1S/C76H82Cl4F2N6O15S2/c1-85-28-26-45(27-29-85)43-100-74(93)69(48-14-10-7-11-15-48)84-38-54-21-25-66(71(89)90)105(54)76(67-59(79)41-88(95)42-60(67)80,56(36-55-57(77)39-87(94)40-58(55)78)49-16-23-62(102-75(81)82)64(34-49)99-31-30-96-3)70(50-17-22-61(97-4)63(35-50)98-5)103-72(91)65-24-20-53(104-65)37-83-68(47-12-8-6-9-13-47)73(92)101-44-46-32-51-18-19-52(33-46)86(51)2/h6-17,20-25,34-35,39-42,45-46,51-52,56,68-70,75,83-84,105H,18-19,26-33,36-38,43-44H2,1-5H3,(H,89,90)/t46?,51-,52+,56-,68?,69?,70-,76?/m0/s1. The van der Waals surface area contributed by atoms with E-state index in [0.717, 1.165) is 87.7 Å². The zero-order valence-electron chi connectivity index (χ0n) is 58.2. The minimum absolute atomic E-state index is 0.00677. The number of carbonyl (C=O) groups is 4. The fourth-order valence-electron chi connectivity index (χ4n) is 14.7. The quantitative estimate of drug-likeness (QED) is 0.00745. The smallest absolute Gasteiger partial charge is 0.387 e. The third-order valence-electron chi connectivity index (χ3n) is 19.9. The second kappa shape index (κ2) is 35.7. The van der Waals surface area contributed by atoms with E-state index in [9.17, 15) is 38.7 Å².